The van der Waals surface area contributed by atoms with E-state index in [1.54, 1.807) is 13.8 Å². The Bertz CT molecular complexity index is 3220. The van der Waals surface area contributed by atoms with Gasteiger partial charge in [-0.1, -0.05) is 65.7 Å². The molecule has 0 aromatic heterocycles. The number of nitrogens with one attached hydrogen (secondary N) is 3. The second kappa shape index (κ2) is 37.2. The molecule has 0 radical (unpaired) electrons. The third-order valence-corrected chi connectivity index (χ3v) is 26.0. The van der Waals surface area contributed by atoms with Gasteiger partial charge in [0.05, 0.1) is 38.0 Å². The maximum absolute atomic E-state index is 15.8. The minimum Gasteiger partial charge on any atom is -0.378 e. The Kier molecular flexibility index (Phi) is 29.4. The van der Waals surface area contributed by atoms with Gasteiger partial charge >= 0.3 is 12.4 Å². The fraction of sp³-hybridized carbons (Fsp3) is 0.842. The molecule has 25 nitrogen and oxygen atoms in total. The Balaban J connectivity index is 1.09. The molecule has 32 heteroatoms. The fourth-order valence-electron chi connectivity index (χ4n) is 18.5. The maximum Gasteiger partial charge on any atom is 0.393 e. The summed E-state index contributed by atoms with van der Waals surface area (Å²) in [6.07, 6.45) is -3.53. The number of ether oxygens (including phenoxy) is 1. The van der Waals surface area contributed by atoms with Crippen LogP contribution in [0.2, 0.25) is 0 Å². The quantitative estimate of drug-likeness (QED) is 0.140. The SMILES string of the molecule is CCCN1C(=O)[C@@H]2CCN2C(=O)[C@H](C)N(C)C(=O)C([C@@H](C)CC)NC(=O)[C@@H]2CCCCCN2C(=O)C[C@@H](C(=O)N2CCOCC2)N(C)C(=O)[C@H](C2CCCC2)N(C)C(=O)C2(CCCC2)NC(=O)[C@@H]2CCCN2C(=O)[C@H](CCC2CCC(C(F)(F)F)C(Cl)C2)NC(=O)CN(C)C(=O)[C@@H]1CC1CCC(C(F)(F)F)CC1. The van der Waals surface area contributed by atoms with Crippen molar-refractivity contribution in [3.63, 3.8) is 0 Å². The molecule has 0 aromatic rings. The van der Waals surface area contributed by atoms with Gasteiger partial charge in [-0.2, -0.15) is 26.3 Å². The van der Waals surface area contributed by atoms with E-state index in [9.17, 15) is 35.9 Å². The van der Waals surface area contributed by atoms with Gasteiger partial charge in [-0.25, -0.2) is 0 Å². The van der Waals surface area contributed by atoms with Crippen LogP contribution in [0.25, 0.3) is 0 Å². The molecule has 4 aliphatic carbocycles. The highest BCUT2D eigenvalue weighted by atomic mass is 35.5. The van der Waals surface area contributed by atoms with E-state index in [4.69, 9.17) is 16.3 Å². The van der Waals surface area contributed by atoms with E-state index in [1.165, 1.54) is 74.3 Å². The second-order valence-corrected chi connectivity index (χ2v) is 33.1. The van der Waals surface area contributed by atoms with Gasteiger partial charge in [0.25, 0.3) is 0 Å². The van der Waals surface area contributed by atoms with Gasteiger partial charge in [-0.05, 0) is 159 Å². The standard InChI is InChI=1S/C76H117ClF6N12O13/c1-9-34-93-59(43-49-23-27-51(28-24-49)75(78,79)80)68(102)87(5)45-60(96)84-54(30-26-48-25-29-52(53(77)42-48)76(81,82)83)67(101)94-36-18-22-56(94)65(99)86-74(32-15-16-33-74)73(107)90(8)63(50-19-13-14-20-50)72(106)89(7)58(69(103)91-38-40-108-41-39-91)44-61(97)92-35-17-11-12-21-55(92)64(98)85-62(46(3)10-2)71(105)88(6)47(4)66(100)95-37-31-57(95)70(93)104/h46-59,62-63H,9-45H2,1-8H3,(H,84,96)(H,85,98)(H,86,99)/t46-,47-,48?,49?,51?,52?,53?,54-,55-,56-,57-,58-,59-,62?,63-/m0/s1. The van der Waals surface area contributed by atoms with Crippen LogP contribution in [-0.2, 0) is 62.3 Å². The highest BCUT2D eigenvalue weighted by molar-refractivity contribution is 6.21. The van der Waals surface area contributed by atoms with Gasteiger partial charge in [-0.15, -0.1) is 11.6 Å². The van der Waals surface area contributed by atoms with Crippen molar-refractivity contribution in [1.82, 2.24) is 60.0 Å². The minimum absolute atomic E-state index is 0.0103. The molecule has 13 atom stereocenters. The van der Waals surface area contributed by atoms with Crippen LogP contribution >= 0.6 is 11.6 Å². The molecular weight excluding hydrogens is 1440 g/mol. The number of hydrogen-bond donors (Lipinski definition) is 3. The third-order valence-electron chi connectivity index (χ3n) is 25.6. The van der Waals surface area contributed by atoms with Crippen molar-refractivity contribution in [3.8, 4) is 0 Å². The first kappa shape index (κ1) is 85.5. The maximum atomic E-state index is 15.8. The van der Waals surface area contributed by atoms with E-state index in [1.807, 2.05) is 6.92 Å². The summed E-state index contributed by atoms with van der Waals surface area (Å²) in [5.74, 6) is -13.3. The number of nitrogens with zero attached hydrogens (tertiary/aromatic N) is 9. The molecule has 0 bridgehead atoms. The zero-order valence-electron chi connectivity index (χ0n) is 64.4. The summed E-state index contributed by atoms with van der Waals surface area (Å²) < 4.78 is 90.3. The number of rotatable bonds is 11. The zero-order chi connectivity index (χ0) is 78.9. The largest absolute Gasteiger partial charge is 0.393 e. The Labute approximate surface area is 636 Å². The first-order valence-electron chi connectivity index (χ1n) is 39.9. The summed E-state index contributed by atoms with van der Waals surface area (Å²) in [6, 6.07) is -11.5. The molecule has 3 N–H and O–H groups in total. The Morgan fingerprint density at radius 2 is 1.22 bits per heavy atom. The molecule has 5 aliphatic heterocycles. The molecule has 9 rings (SSSR count). The number of carbonyl (C=O) groups excluding carboxylic acids is 12. The smallest absolute Gasteiger partial charge is 0.378 e. The van der Waals surface area contributed by atoms with Gasteiger partial charge in [-0.3, -0.25) is 57.5 Å². The van der Waals surface area contributed by atoms with E-state index in [2.05, 4.69) is 16.0 Å². The summed E-state index contributed by atoms with van der Waals surface area (Å²) in [5, 5.41) is 7.54. The molecule has 12 amide bonds. The highest BCUT2D eigenvalue weighted by Gasteiger charge is 2.54. The van der Waals surface area contributed by atoms with Gasteiger partial charge in [0.1, 0.15) is 59.9 Å². The second-order valence-electron chi connectivity index (χ2n) is 32.5. The predicted molar refractivity (Wildman–Crippen MR) is 386 cm³/mol. The van der Waals surface area contributed by atoms with Crippen molar-refractivity contribution >= 4 is 82.5 Å². The molecule has 108 heavy (non-hydrogen) atoms. The van der Waals surface area contributed by atoms with Crippen LogP contribution in [0.3, 0.4) is 0 Å². The van der Waals surface area contributed by atoms with Crippen molar-refractivity contribution in [2.45, 2.75) is 285 Å². The van der Waals surface area contributed by atoms with Gasteiger partial charge in [0.2, 0.25) is 70.9 Å². The van der Waals surface area contributed by atoms with E-state index in [0.29, 0.717) is 57.8 Å². The number of alkyl halides is 7. The normalized spacial score (nSPS) is 32.5. The first-order valence-corrected chi connectivity index (χ1v) is 40.4. The lowest BCUT2D eigenvalue weighted by atomic mass is 9.78. The molecule has 0 aromatic carbocycles. The van der Waals surface area contributed by atoms with Gasteiger partial charge in [0, 0.05) is 72.8 Å². The van der Waals surface area contributed by atoms with Gasteiger partial charge in [0.15, 0.2) is 0 Å². The van der Waals surface area contributed by atoms with Gasteiger partial charge < -0.3 is 64.8 Å². The van der Waals surface area contributed by atoms with Crippen LogP contribution in [0.1, 0.15) is 207 Å². The summed E-state index contributed by atoms with van der Waals surface area (Å²) in [4.78, 5) is 195. The minimum atomic E-state index is -4.55. The molecule has 5 heterocycles. The Morgan fingerprint density at radius 1 is 0.602 bits per heavy atom. The van der Waals surface area contributed by atoms with Crippen LogP contribution in [0.5, 0.6) is 0 Å². The van der Waals surface area contributed by atoms with E-state index < -0.39 is 197 Å². The molecule has 9 aliphatic rings. The number of amides is 12. The number of hydrogen-bond acceptors (Lipinski definition) is 13. The number of carbonyl (C=O) groups is 12. The molecule has 4 saturated carbocycles. The van der Waals surface area contributed by atoms with Crippen LogP contribution in [0, 0.1) is 35.5 Å². The molecule has 1 spiro atoms. The zero-order valence-corrected chi connectivity index (χ0v) is 65.1. The van der Waals surface area contributed by atoms with Crippen molar-refractivity contribution < 1.29 is 88.6 Å². The predicted octanol–water partition coefficient (Wildman–Crippen LogP) is 6.94. The topological polar surface area (TPSA) is 279 Å². The lowest BCUT2D eigenvalue weighted by Crippen LogP contribution is -2.65. The fourth-order valence-corrected chi connectivity index (χ4v) is 19.0. The average molecular weight is 1560 g/mol. The van der Waals surface area contributed by atoms with E-state index in [0.717, 1.165) is 17.7 Å². The van der Waals surface area contributed by atoms with E-state index in [-0.39, 0.29) is 155 Å². The molecule has 9 fully saturated rings. The molecule has 608 valence electrons. The van der Waals surface area contributed by atoms with Crippen molar-refractivity contribution in [2.24, 2.45) is 35.5 Å². The number of morpholine rings is 1. The molecule has 5 saturated heterocycles. The lowest BCUT2D eigenvalue weighted by Gasteiger charge is -2.46. The van der Waals surface area contributed by atoms with Crippen LogP contribution in [0.15, 0.2) is 0 Å². The summed E-state index contributed by atoms with van der Waals surface area (Å²) in [7, 11) is 5.63. The third kappa shape index (κ3) is 19.8. The number of likely N-dealkylation sites (N-methyl/N-ethyl adjacent to an activating group) is 4. The first-order chi connectivity index (χ1) is 51.1. The monoisotopic (exact) mass is 1550 g/mol. The average Bonchev–Trinajstić information content (AvgIpc) is 0.986. The van der Waals surface area contributed by atoms with Crippen LogP contribution < -0.4 is 16.0 Å². The molecule has 4 unspecified atom stereocenters. The van der Waals surface area contributed by atoms with Crippen molar-refractivity contribution in [3.05, 3.63) is 0 Å². The van der Waals surface area contributed by atoms with E-state index >= 15 is 47.9 Å². The van der Waals surface area contributed by atoms with Crippen molar-refractivity contribution in [2.75, 3.05) is 87.2 Å². The van der Waals surface area contributed by atoms with Crippen LogP contribution in [0.4, 0.5) is 26.3 Å². The van der Waals surface area contributed by atoms with Crippen LogP contribution in [-0.4, -0.2) is 280 Å². The Morgan fingerprint density at radius 3 is 1.83 bits per heavy atom. The van der Waals surface area contributed by atoms with Crippen molar-refractivity contribution in [1.29, 1.82) is 0 Å². The highest BCUT2D eigenvalue weighted by Crippen LogP contribution is 2.45. The summed E-state index contributed by atoms with van der Waals surface area (Å²) in [6.45, 7) is 6.85. The molecular formula is C76H117ClF6N12O13. The number of fused-ring (bicyclic) bond motifs is 3. The Hall–Kier alpha value is -6.53. The lowest BCUT2D eigenvalue weighted by molar-refractivity contribution is -0.184. The summed E-state index contributed by atoms with van der Waals surface area (Å²) in [5.41, 5.74) is -1.60. The summed E-state index contributed by atoms with van der Waals surface area (Å²) >= 11 is 6.42. The number of halogens is 7.